The highest BCUT2D eigenvalue weighted by Gasteiger charge is 2.35. The first-order chi connectivity index (χ1) is 15.6. The minimum absolute atomic E-state index is 0.202. The van der Waals surface area contributed by atoms with Crippen LogP contribution >= 0.6 is 7.82 Å². The van der Waals surface area contributed by atoms with E-state index in [0.29, 0.717) is 22.8 Å². The molecule has 0 aliphatic heterocycles. The smallest absolute Gasteiger partial charge is 0.508 e. The van der Waals surface area contributed by atoms with Gasteiger partial charge in [0.1, 0.15) is 23.0 Å². The summed E-state index contributed by atoms with van der Waals surface area (Å²) >= 11 is 0. The Balaban J connectivity index is 1.95. The van der Waals surface area contributed by atoms with Crippen molar-refractivity contribution in [2.75, 3.05) is 0 Å². The molecule has 0 aliphatic rings. The predicted octanol–water partition coefficient (Wildman–Crippen LogP) is 8.13. The molecule has 3 rings (SSSR count). The molecule has 6 heteroatoms. The number of hydrogen-bond donors (Lipinski definition) is 1. The Morgan fingerprint density at radius 2 is 1.33 bits per heavy atom. The predicted molar refractivity (Wildman–Crippen MR) is 133 cm³/mol. The monoisotopic (exact) mass is 464 g/mol. The lowest BCUT2D eigenvalue weighted by molar-refractivity contribution is 0.257. The van der Waals surface area contributed by atoms with E-state index in [9.17, 15) is 9.67 Å². The largest absolute Gasteiger partial charge is 0.647 e. The number of aryl methyl sites for hydroxylation is 2. The normalized spacial score (nSPS) is 12.4. The zero-order valence-electron chi connectivity index (χ0n) is 19.6. The van der Waals surface area contributed by atoms with Crippen LogP contribution < -0.4 is 9.05 Å². The van der Waals surface area contributed by atoms with E-state index in [1.165, 1.54) is 0 Å². The van der Waals surface area contributed by atoms with Gasteiger partial charge >= 0.3 is 7.82 Å². The van der Waals surface area contributed by atoms with Crippen LogP contribution in [0.4, 0.5) is 0 Å². The second kappa shape index (κ2) is 10.0. The lowest BCUT2D eigenvalue weighted by atomic mass is 10.1. The van der Waals surface area contributed by atoms with Gasteiger partial charge in [0, 0.05) is 0 Å². The molecule has 0 bridgehead atoms. The van der Waals surface area contributed by atoms with Crippen LogP contribution in [0, 0.1) is 13.8 Å². The quantitative estimate of drug-likeness (QED) is 0.207. The summed E-state index contributed by atoms with van der Waals surface area (Å²) in [6.45, 7) is 13.1. The van der Waals surface area contributed by atoms with Crippen molar-refractivity contribution < 1.29 is 23.2 Å². The molecule has 1 atom stereocenters. The highest BCUT2D eigenvalue weighted by Crippen LogP contribution is 2.53. The molecule has 1 unspecified atom stereocenters. The molecule has 0 aliphatic carbocycles. The molecule has 0 heterocycles. The third-order valence-electron chi connectivity index (χ3n) is 4.93. The number of rotatable bonds is 8. The van der Waals surface area contributed by atoms with E-state index in [-0.39, 0.29) is 5.75 Å². The molecule has 0 radical (unpaired) electrons. The van der Waals surface area contributed by atoms with Gasteiger partial charge in [0.25, 0.3) is 0 Å². The average Bonchev–Trinajstić information content (AvgIpc) is 2.76. The molecule has 0 saturated heterocycles. The Labute approximate surface area is 195 Å². The lowest BCUT2D eigenvalue weighted by Gasteiger charge is -2.23. The summed E-state index contributed by atoms with van der Waals surface area (Å²) in [6.07, 6.45) is 0. The Kier molecular flexibility index (Phi) is 7.35. The number of phosphoric ester groups is 1. The minimum atomic E-state index is -4.13. The third-order valence-corrected chi connectivity index (χ3v) is 6.18. The van der Waals surface area contributed by atoms with E-state index < -0.39 is 7.82 Å². The number of phenols is 1. The summed E-state index contributed by atoms with van der Waals surface area (Å²) in [5.41, 5.74) is 4.91. The van der Waals surface area contributed by atoms with E-state index in [1.807, 2.05) is 70.2 Å². The molecule has 0 amide bonds. The topological polar surface area (TPSA) is 65.0 Å². The summed E-state index contributed by atoms with van der Waals surface area (Å²) < 4.78 is 31.6. The van der Waals surface area contributed by atoms with E-state index >= 15 is 0 Å². The number of phosphoric acid groups is 1. The molecule has 5 nitrogen and oxygen atoms in total. The number of hydrogen-bond acceptors (Lipinski definition) is 5. The Morgan fingerprint density at radius 1 is 0.818 bits per heavy atom. The van der Waals surface area contributed by atoms with Crippen molar-refractivity contribution in [3.8, 4) is 28.4 Å². The molecule has 1 N–H and O–H groups in total. The van der Waals surface area contributed by atoms with Crippen LogP contribution in [0.15, 0.2) is 90.2 Å². The van der Waals surface area contributed by atoms with Crippen LogP contribution in [0.2, 0.25) is 0 Å². The van der Waals surface area contributed by atoms with Crippen LogP contribution in [0.5, 0.6) is 17.2 Å². The Hall–Kier alpha value is -3.43. The van der Waals surface area contributed by atoms with Gasteiger partial charge < -0.3 is 18.7 Å². The van der Waals surface area contributed by atoms with Crippen molar-refractivity contribution in [1.82, 2.24) is 0 Å². The van der Waals surface area contributed by atoms with Crippen molar-refractivity contribution >= 4 is 7.82 Å². The van der Waals surface area contributed by atoms with Gasteiger partial charge in [-0.1, -0.05) is 49.0 Å². The molecule has 0 saturated carbocycles. The van der Waals surface area contributed by atoms with Crippen molar-refractivity contribution in [1.29, 1.82) is 0 Å². The van der Waals surface area contributed by atoms with Crippen LogP contribution in [0.1, 0.15) is 31.9 Å². The van der Waals surface area contributed by atoms with Gasteiger partial charge in [-0.25, -0.2) is 0 Å². The van der Waals surface area contributed by atoms with Crippen molar-refractivity contribution in [3.05, 3.63) is 101 Å². The zero-order valence-corrected chi connectivity index (χ0v) is 20.5. The maximum atomic E-state index is 13.9. The number of para-hydroxylation sites is 1. The van der Waals surface area contributed by atoms with Crippen LogP contribution in [-0.2, 0) is 9.09 Å². The number of allylic oxidation sites excluding steroid dienone is 2. The first-order valence-electron chi connectivity index (χ1n) is 10.6. The first kappa shape index (κ1) is 24.2. The fraction of sp³-hybridized carbons (Fsp3) is 0.185. The van der Waals surface area contributed by atoms with Gasteiger partial charge in [0.2, 0.25) is 0 Å². The SMILES string of the molecule is C=C(C)C(OP(=O)(Oc1ccc(-c2ccc(O)cc2)cc1)Oc1c(C)cccc1C)=C(C)C. The van der Waals surface area contributed by atoms with Crippen molar-refractivity contribution in [2.24, 2.45) is 0 Å². The summed E-state index contributed by atoms with van der Waals surface area (Å²) in [4.78, 5) is 0. The highest BCUT2D eigenvalue weighted by atomic mass is 31.2. The number of aromatic hydroxyl groups is 1. The molecule has 0 spiro atoms. The molecular weight excluding hydrogens is 435 g/mol. The minimum Gasteiger partial charge on any atom is -0.508 e. The second-order valence-electron chi connectivity index (χ2n) is 8.12. The third kappa shape index (κ3) is 6.09. The summed E-state index contributed by atoms with van der Waals surface area (Å²) in [6, 6.07) is 19.6. The fourth-order valence-corrected chi connectivity index (χ4v) is 4.88. The average molecular weight is 464 g/mol. The summed E-state index contributed by atoms with van der Waals surface area (Å²) in [5, 5.41) is 9.50. The maximum absolute atomic E-state index is 13.9. The van der Waals surface area contributed by atoms with Gasteiger partial charge in [-0.15, -0.1) is 0 Å². The standard InChI is InChI=1S/C27H29O5P/c1-18(2)26(19(3)4)31-33(29,32-27-20(5)8-7-9-21(27)6)30-25-16-12-23(13-17-25)22-10-14-24(28)15-11-22/h7-17,28H,1H2,2-6H3. The molecule has 3 aromatic rings. The molecule has 172 valence electrons. The van der Waals surface area contributed by atoms with E-state index in [4.69, 9.17) is 13.6 Å². The zero-order chi connectivity index (χ0) is 24.2. The molecule has 3 aromatic carbocycles. The Morgan fingerprint density at radius 3 is 1.82 bits per heavy atom. The van der Waals surface area contributed by atoms with Crippen molar-refractivity contribution in [2.45, 2.75) is 34.6 Å². The van der Waals surface area contributed by atoms with E-state index in [0.717, 1.165) is 27.8 Å². The number of benzene rings is 3. The lowest BCUT2D eigenvalue weighted by Crippen LogP contribution is -2.08. The fourth-order valence-electron chi connectivity index (χ4n) is 3.31. The van der Waals surface area contributed by atoms with Gasteiger partial charge in [-0.05, 0) is 92.3 Å². The van der Waals surface area contributed by atoms with Crippen LogP contribution in [0.3, 0.4) is 0 Å². The molecule has 0 fully saturated rings. The van der Waals surface area contributed by atoms with Gasteiger partial charge in [0.15, 0.2) is 0 Å². The highest BCUT2D eigenvalue weighted by molar-refractivity contribution is 7.49. The van der Waals surface area contributed by atoms with Gasteiger partial charge in [0.05, 0.1) is 0 Å². The van der Waals surface area contributed by atoms with Crippen LogP contribution in [-0.4, -0.2) is 5.11 Å². The summed E-state index contributed by atoms with van der Waals surface area (Å²) in [7, 11) is -4.13. The number of phenolic OH excluding ortho intramolecular Hbond substituents is 1. The Bertz CT molecular complexity index is 1200. The molecular formula is C27H29O5P. The van der Waals surface area contributed by atoms with Gasteiger partial charge in [-0.3, -0.25) is 0 Å². The maximum Gasteiger partial charge on any atom is 0.647 e. The van der Waals surface area contributed by atoms with Crippen LogP contribution in [0.25, 0.3) is 11.1 Å². The summed E-state index contributed by atoms with van der Waals surface area (Å²) in [5.74, 6) is 1.37. The van der Waals surface area contributed by atoms with Gasteiger partial charge in [-0.2, -0.15) is 4.57 Å². The first-order valence-corrected chi connectivity index (χ1v) is 12.0. The molecule has 0 aromatic heterocycles. The molecule has 33 heavy (non-hydrogen) atoms. The van der Waals surface area contributed by atoms with E-state index in [2.05, 4.69) is 6.58 Å². The van der Waals surface area contributed by atoms with Crippen molar-refractivity contribution in [3.63, 3.8) is 0 Å². The second-order valence-corrected chi connectivity index (χ2v) is 9.56. The van der Waals surface area contributed by atoms with E-state index in [1.54, 1.807) is 31.2 Å².